The molecule has 0 saturated heterocycles. The van der Waals surface area contributed by atoms with Crippen molar-refractivity contribution in [1.82, 2.24) is 4.98 Å². The normalized spacial score (nSPS) is 9.89. The van der Waals surface area contributed by atoms with Gasteiger partial charge in [-0.05, 0) is 30.3 Å². The van der Waals surface area contributed by atoms with E-state index in [9.17, 15) is 4.79 Å². The number of rotatable bonds is 3. The third-order valence-electron chi connectivity index (χ3n) is 2.56. The summed E-state index contributed by atoms with van der Waals surface area (Å²) in [7, 11) is 3.92. The Hall–Kier alpha value is -2.36. The molecule has 1 aromatic heterocycles. The molecular weight excluding hydrogens is 226 g/mol. The largest absolute Gasteiger partial charge is 0.378 e. The molecule has 0 fully saturated rings. The lowest BCUT2D eigenvalue weighted by Gasteiger charge is -2.14. The van der Waals surface area contributed by atoms with Gasteiger partial charge in [0.25, 0.3) is 5.91 Å². The Balaban J connectivity index is 2.15. The van der Waals surface area contributed by atoms with Crippen LogP contribution in [0.25, 0.3) is 0 Å². The number of hydrogen-bond acceptors (Lipinski definition) is 3. The molecule has 4 heteroatoms. The minimum absolute atomic E-state index is 0.131. The number of amides is 1. The molecule has 0 aliphatic carbocycles. The Labute approximate surface area is 106 Å². The summed E-state index contributed by atoms with van der Waals surface area (Å²) in [5, 5.41) is 2.86. The number of pyridine rings is 1. The fourth-order valence-electron chi connectivity index (χ4n) is 1.57. The molecule has 92 valence electrons. The summed E-state index contributed by atoms with van der Waals surface area (Å²) in [6.07, 6.45) is 3.20. The third kappa shape index (κ3) is 2.85. The van der Waals surface area contributed by atoms with Crippen molar-refractivity contribution in [1.29, 1.82) is 0 Å². The highest BCUT2D eigenvalue weighted by molar-refractivity contribution is 6.04. The van der Waals surface area contributed by atoms with Crippen molar-refractivity contribution >= 4 is 17.3 Å². The zero-order valence-corrected chi connectivity index (χ0v) is 10.4. The van der Waals surface area contributed by atoms with Crippen LogP contribution in [0, 0.1) is 0 Å². The van der Waals surface area contributed by atoms with Crippen molar-refractivity contribution in [3.63, 3.8) is 0 Å². The van der Waals surface area contributed by atoms with E-state index in [1.165, 1.54) is 0 Å². The van der Waals surface area contributed by atoms with Gasteiger partial charge in [0.15, 0.2) is 0 Å². The smallest absolute Gasteiger partial charge is 0.255 e. The van der Waals surface area contributed by atoms with Crippen LogP contribution in [0.4, 0.5) is 11.4 Å². The number of aromatic nitrogens is 1. The molecule has 0 saturated carbocycles. The fraction of sp³-hybridized carbons (Fsp3) is 0.143. The summed E-state index contributed by atoms with van der Waals surface area (Å²) in [5.74, 6) is -0.131. The van der Waals surface area contributed by atoms with Crippen molar-refractivity contribution < 1.29 is 4.79 Å². The van der Waals surface area contributed by atoms with Crippen molar-refractivity contribution in [2.45, 2.75) is 0 Å². The maximum atomic E-state index is 11.9. The molecule has 0 aliphatic rings. The number of hydrogen-bond donors (Lipinski definition) is 1. The van der Waals surface area contributed by atoms with Crippen molar-refractivity contribution in [2.75, 3.05) is 24.3 Å². The molecule has 2 aromatic rings. The van der Waals surface area contributed by atoms with Gasteiger partial charge in [-0.25, -0.2) is 0 Å². The maximum absolute atomic E-state index is 11.9. The molecule has 0 aliphatic heterocycles. The van der Waals surface area contributed by atoms with Crippen LogP contribution in [0.5, 0.6) is 0 Å². The van der Waals surface area contributed by atoms with Gasteiger partial charge in [0, 0.05) is 43.4 Å². The highest BCUT2D eigenvalue weighted by Crippen LogP contribution is 2.17. The van der Waals surface area contributed by atoms with E-state index in [2.05, 4.69) is 10.3 Å². The van der Waals surface area contributed by atoms with Gasteiger partial charge in [-0.2, -0.15) is 0 Å². The lowest BCUT2D eigenvalue weighted by molar-refractivity contribution is 0.102. The first-order chi connectivity index (χ1) is 8.66. The SMILES string of the molecule is CN(C)c1cccc(NC(=O)c2ccncc2)c1. The minimum atomic E-state index is -0.131. The average molecular weight is 241 g/mol. The van der Waals surface area contributed by atoms with E-state index < -0.39 is 0 Å². The minimum Gasteiger partial charge on any atom is -0.378 e. The number of anilines is 2. The van der Waals surface area contributed by atoms with Gasteiger partial charge in [-0.1, -0.05) is 6.07 Å². The van der Waals surface area contributed by atoms with Gasteiger partial charge < -0.3 is 10.2 Å². The van der Waals surface area contributed by atoms with Crippen LogP contribution < -0.4 is 10.2 Å². The van der Waals surface area contributed by atoms with Gasteiger partial charge in [0.1, 0.15) is 0 Å². The first kappa shape index (κ1) is 12.1. The molecule has 1 aromatic carbocycles. The number of benzene rings is 1. The first-order valence-corrected chi connectivity index (χ1v) is 5.65. The number of nitrogens with one attached hydrogen (secondary N) is 1. The molecule has 1 amide bonds. The van der Waals surface area contributed by atoms with Crippen LogP contribution >= 0.6 is 0 Å². The lowest BCUT2D eigenvalue weighted by atomic mass is 10.2. The number of nitrogens with zero attached hydrogens (tertiary/aromatic N) is 2. The zero-order valence-electron chi connectivity index (χ0n) is 10.4. The van der Waals surface area contributed by atoms with Gasteiger partial charge >= 0.3 is 0 Å². The van der Waals surface area contributed by atoms with Crippen LogP contribution in [0.2, 0.25) is 0 Å². The van der Waals surface area contributed by atoms with E-state index in [0.717, 1.165) is 11.4 Å². The van der Waals surface area contributed by atoms with Crippen LogP contribution in [-0.4, -0.2) is 25.0 Å². The maximum Gasteiger partial charge on any atom is 0.255 e. The second-order valence-corrected chi connectivity index (χ2v) is 4.13. The molecule has 0 atom stereocenters. The highest BCUT2D eigenvalue weighted by atomic mass is 16.1. The van der Waals surface area contributed by atoms with Crippen molar-refractivity contribution in [3.05, 3.63) is 54.4 Å². The molecule has 1 N–H and O–H groups in total. The Morgan fingerprint density at radius 2 is 1.89 bits per heavy atom. The highest BCUT2D eigenvalue weighted by Gasteiger charge is 2.05. The summed E-state index contributed by atoms with van der Waals surface area (Å²) in [6, 6.07) is 11.1. The van der Waals surface area contributed by atoms with E-state index in [-0.39, 0.29) is 5.91 Å². The predicted molar refractivity (Wildman–Crippen MR) is 73.0 cm³/mol. The van der Waals surface area contributed by atoms with E-state index in [1.54, 1.807) is 24.5 Å². The van der Waals surface area contributed by atoms with Crippen LogP contribution in [0.15, 0.2) is 48.8 Å². The zero-order chi connectivity index (χ0) is 13.0. The second kappa shape index (κ2) is 5.31. The summed E-state index contributed by atoms with van der Waals surface area (Å²) >= 11 is 0. The lowest BCUT2D eigenvalue weighted by Crippen LogP contribution is -2.13. The van der Waals surface area contributed by atoms with Gasteiger partial charge in [-0.15, -0.1) is 0 Å². The molecule has 0 unspecified atom stereocenters. The molecular formula is C14H15N3O. The first-order valence-electron chi connectivity index (χ1n) is 5.65. The monoisotopic (exact) mass is 241 g/mol. The fourth-order valence-corrected chi connectivity index (χ4v) is 1.57. The van der Waals surface area contributed by atoms with Crippen molar-refractivity contribution in [3.8, 4) is 0 Å². The summed E-state index contributed by atoms with van der Waals surface area (Å²) in [6.45, 7) is 0. The van der Waals surface area contributed by atoms with Gasteiger partial charge in [-0.3, -0.25) is 9.78 Å². The third-order valence-corrected chi connectivity index (χ3v) is 2.56. The molecule has 1 heterocycles. The molecule has 0 spiro atoms. The standard InChI is InChI=1S/C14H15N3O/c1-17(2)13-5-3-4-12(10-13)16-14(18)11-6-8-15-9-7-11/h3-10H,1-2H3,(H,16,18). The quantitative estimate of drug-likeness (QED) is 0.897. The Kier molecular flexibility index (Phi) is 3.57. The average Bonchev–Trinajstić information content (AvgIpc) is 2.40. The van der Waals surface area contributed by atoms with Crippen LogP contribution in [0.1, 0.15) is 10.4 Å². The number of carbonyl (C=O) groups is 1. The van der Waals surface area contributed by atoms with Gasteiger partial charge in [0.2, 0.25) is 0 Å². The van der Waals surface area contributed by atoms with E-state index >= 15 is 0 Å². The van der Waals surface area contributed by atoms with E-state index in [0.29, 0.717) is 5.56 Å². The second-order valence-electron chi connectivity index (χ2n) is 4.13. The Morgan fingerprint density at radius 1 is 1.17 bits per heavy atom. The van der Waals surface area contributed by atoms with Crippen LogP contribution in [-0.2, 0) is 0 Å². The molecule has 0 radical (unpaired) electrons. The van der Waals surface area contributed by atoms with E-state index in [4.69, 9.17) is 0 Å². The summed E-state index contributed by atoms with van der Waals surface area (Å²) in [5.41, 5.74) is 2.42. The topological polar surface area (TPSA) is 45.2 Å². The molecule has 0 bridgehead atoms. The molecule has 2 rings (SSSR count). The molecule has 18 heavy (non-hydrogen) atoms. The van der Waals surface area contributed by atoms with Crippen LogP contribution in [0.3, 0.4) is 0 Å². The number of carbonyl (C=O) groups excluding carboxylic acids is 1. The Morgan fingerprint density at radius 3 is 2.56 bits per heavy atom. The molecule has 4 nitrogen and oxygen atoms in total. The predicted octanol–water partition coefficient (Wildman–Crippen LogP) is 2.40. The van der Waals surface area contributed by atoms with E-state index in [1.807, 2.05) is 43.3 Å². The Bertz CT molecular complexity index is 538. The summed E-state index contributed by atoms with van der Waals surface area (Å²) in [4.78, 5) is 17.8. The van der Waals surface area contributed by atoms with Gasteiger partial charge in [0.05, 0.1) is 0 Å². The summed E-state index contributed by atoms with van der Waals surface area (Å²) < 4.78 is 0. The van der Waals surface area contributed by atoms with Crippen molar-refractivity contribution in [2.24, 2.45) is 0 Å².